The number of amides is 1. The number of hydrogen-bond acceptors (Lipinski definition) is 9. The van der Waals surface area contributed by atoms with Crippen molar-refractivity contribution in [2.24, 2.45) is 5.73 Å². The fourth-order valence-corrected chi connectivity index (χ4v) is 2.81. The number of carbonyl (C=O) groups is 2. The number of aromatic amines is 1. The predicted molar refractivity (Wildman–Crippen MR) is 112 cm³/mol. The molecule has 0 fully saturated rings. The molecule has 0 atom stereocenters. The molecule has 0 bridgehead atoms. The van der Waals surface area contributed by atoms with E-state index in [4.69, 9.17) is 14.9 Å². The number of nitrogens with zero attached hydrogens (tertiary/aromatic N) is 2. The van der Waals surface area contributed by atoms with Crippen LogP contribution in [-0.2, 0) is 4.74 Å². The maximum absolute atomic E-state index is 12.1. The average Bonchev–Trinajstić information content (AvgIpc) is 3.13. The van der Waals surface area contributed by atoms with E-state index in [9.17, 15) is 14.4 Å². The van der Waals surface area contributed by atoms with Crippen molar-refractivity contribution in [1.29, 1.82) is 0 Å². The minimum absolute atomic E-state index is 0.109. The molecule has 11 nitrogen and oxygen atoms in total. The molecular formula is C20H16N6O5. The topological polar surface area (TPSA) is 165 Å². The van der Waals surface area contributed by atoms with E-state index in [0.717, 1.165) is 0 Å². The molecule has 0 saturated heterocycles. The number of esters is 1. The number of ether oxygens (including phenoxy) is 1. The van der Waals surface area contributed by atoms with Gasteiger partial charge in [0.05, 0.1) is 12.6 Å². The van der Waals surface area contributed by atoms with Crippen LogP contribution >= 0.6 is 0 Å². The van der Waals surface area contributed by atoms with Crippen LogP contribution in [0.1, 0.15) is 20.7 Å². The van der Waals surface area contributed by atoms with Crippen LogP contribution in [0.15, 0.2) is 57.9 Å². The molecule has 0 radical (unpaired) electrons. The molecule has 2 heterocycles. The molecule has 156 valence electrons. The van der Waals surface area contributed by atoms with E-state index in [0.29, 0.717) is 28.0 Å². The highest BCUT2D eigenvalue weighted by Gasteiger charge is 2.16. The van der Waals surface area contributed by atoms with Crippen molar-refractivity contribution in [1.82, 2.24) is 15.0 Å². The third-order valence-electron chi connectivity index (χ3n) is 4.30. The van der Waals surface area contributed by atoms with Gasteiger partial charge in [-0.15, -0.1) is 0 Å². The number of aromatic nitrogens is 3. The number of methoxy groups -OCH3 is 1. The summed E-state index contributed by atoms with van der Waals surface area (Å²) in [5.74, 6) is -1.35. The van der Waals surface area contributed by atoms with Crippen molar-refractivity contribution >= 4 is 46.1 Å². The van der Waals surface area contributed by atoms with Crippen LogP contribution < -0.4 is 22.1 Å². The van der Waals surface area contributed by atoms with Gasteiger partial charge in [-0.25, -0.2) is 14.6 Å². The van der Waals surface area contributed by atoms with E-state index in [1.807, 2.05) is 0 Å². The second-order valence-electron chi connectivity index (χ2n) is 6.36. The zero-order chi connectivity index (χ0) is 22.0. The Hall–Kier alpha value is -4.67. The summed E-state index contributed by atoms with van der Waals surface area (Å²) in [6, 6.07) is 11.3. The standard InChI is InChI=1S/C20H16N6O5/c1-30-18(28)13-9-22-19(24-11-4-2-10(3-5-11)16(21)27)26-17(13)23-12-6-7-15-14(8-12)25-20(29)31-15/h2-9H,1H3,(H2,21,27)(H,25,29)(H2,22,23,24,26). The lowest BCUT2D eigenvalue weighted by Crippen LogP contribution is -2.11. The highest BCUT2D eigenvalue weighted by atomic mass is 16.5. The van der Waals surface area contributed by atoms with Crippen molar-refractivity contribution in [3.8, 4) is 0 Å². The molecule has 0 saturated carbocycles. The number of carbonyl (C=O) groups excluding carboxylic acids is 2. The summed E-state index contributed by atoms with van der Waals surface area (Å²) in [6.45, 7) is 0. The SMILES string of the molecule is COC(=O)c1cnc(Nc2ccc(C(N)=O)cc2)nc1Nc1ccc2oc(=O)[nH]c2c1. The van der Waals surface area contributed by atoms with Gasteiger partial charge in [-0.3, -0.25) is 9.78 Å². The summed E-state index contributed by atoms with van der Waals surface area (Å²) in [4.78, 5) is 45.8. The van der Waals surface area contributed by atoms with E-state index in [1.165, 1.54) is 13.3 Å². The highest BCUT2D eigenvalue weighted by Crippen LogP contribution is 2.24. The summed E-state index contributed by atoms with van der Waals surface area (Å²) < 4.78 is 9.78. The van der Waals surface area contributed by atoms with Crippen LogP contribution in [0.4, 0.5) is 23.1 Å². The van der Waals surface area contributed by atoms with Crippen molar-refractivity contribution in [3.05, 3.63) is 70.3 Å². The van der Waals surface area contributed by atoms with E-state index in [1.54, 1.807) is 42.5 Å². The van der Waals surface area contributed by atoms with Crippen molar-refractivity contribution < 1.29 is 18.7 Å². The summed E-state index contributed by atoms with van der Waals surface area (Å²) in [5, 5.41) is 6.01. The number of hydrogen-bond donors (Lipinski definition) is 4. The van der Waals surface area contributed by atoms with Gasteiger partial charge in [-0.2, -0.15) is 4.98 Å². The third kappa shape index (κ3) is 4.19. The first kappa shape index (κ1) is 19.6. The minimum atomic E-state index is -0.627. The highest BCUT2D eigenvalue weighted by molar-refractivity contribution is 5.95. The molecule has 2 aromatic heterocycles. The number of nitrogens with one attached hydrogen (secondary N) is 3. The fraction of sp³-hybridized carbons (Fsp3) is 0.0500. The van der Waals surface area contributed by atoms with Crippen molar-refractivity contribution in [2.45, 2.75) is 0 Å². The molecule has 31 heavy (non-hydrogen) atoms. The fourth-order valence-electron chi connectivity index (χ4n) is 2.81. The molecule has 11 heteroatoms. The van der Waals surface area contributed by atoms with Gasteiger partial charge >= 0.3 is 11.7 Å². The first-order valence-corrected chi connectivity index (χ1v) is 8.95. The predicted octanol–water partition coefficient (Wildman–Crippen LogP) is 2.28. The molecule has 1 amide bonds. The molecule has 0 aliphatic heterocycles. The second-order valence-corrected chi connectivity index (χ2v) is 6.36. The molecule has 4 aromatic rings. The molecule has 0 spiro atoms. The Morgan fingerprint density at radius 1 is 1.10 bits per heavy atom. The van der Waals surface area contributed by atoms with Crippen molar-refractivity contribution in [2.75, 3.05) is 17.7 Å². The molecule has 2 aromatic carbocycles. The maximum Gasteiger partial charge on any atom is 0.417 e. The number of oxazole rings is 1. The van der Waals surface area contributed by atoms with Gasteiger partial charge in [0.25, 0.3) is 0 Å². The Kier molecular flexibility index (Phi) is 5.06. The Labute approximate surface area is 174 Å². The Bertz CT molecular complexity index is 1340. The third-order valence-corrected chi connectivity index (χ3v) is 4.30. The van der Waals surface area contributed by atoms with Gasteiger partial charge in [0.1, 0.15) is 5.56 Å². The first-order chi connectivity index (χ1) is 14.9. The van der Waals surface area contributed by atoms with Crippen LogP contribution in [0.3, 0.4) is 0 Å². The zero-order valence-corrected chi connectivity index (χ0v) is 16.1. The van der Waals surface area contributed by atoms with Gasteiger partial charge in [0.15, 0.2) is 11.4 Å². The monoisotopic (exact) mass is 420 g/mol. The molecule has 0 unspecified atom stereocenters. The normalized spacial score (nSPS) is 10.6. The van der Waals surface area contributed by atoms with E-state index in [-0.39, 0.29) is 17.3 Å². The number of nitrogens with two attached hydrogens (primary N) is 1. The summed E-state index contributed by atoms with van der Waals surface area (Å²) in [6.07, 6.45) is 1.32. The van der Waals surface area contributed by atoms with Crippen LogP contribution in [0, 0.1) is 0 Å². The van der Waals surface area contributed by atoms with Gasteiger partial charge < -0.3 is 25.5 Å². The smallest absolute Gasteiger partial charge is 0.417 e. The molecular weight excluding hydrogens is 404 g/mol. The first-order valence-electron chi connectivity index (χ1n) is 8.95. The molecule has 4 rings (SSSR count). The average molecular weight is 420 g/mol. The van der Waals surface area contributed by atoms with E-state index >= 15 is 0 Å². The van der Waals surface area contributed by atoms with Crippen LogP contribution in [-0.4, -0.2) is 33.9 Å². The lowest BCUT2D eigenvalue weighted by molar-refractivity contribution is 0.0601. The minimum Gasteiger partial charge on any atom is -0.465 e. The maximum atomic E-state index is 12.1. The zero-order valence-electron chi connectivity index (χ0n) is 16.1. The van der Waals surface area contributed by atoms with Crippen molar-refractivity contribution in [3.63, 3.8) is 0 Å². The second kappa shape index (κ2) is 7.99. The van der Waals surface area contributed by atoms with Gasteiger partial charge in [-0.05, 0) is 42.5 Å². The van der Waals surface area contributed by atoms with Gasteiger partial charge in [0, 0.05) is 23.1 Å². The number of H-pyrrole nitrogens is 1. The largest absolute Gasteiger partial charge is 0.465 e. The van der Waals surface area contributed by atoms with Gasteiger partial charge in [-0.1, -0.05) is 0 Å². The number of anilines is 4. The number of benzene rings is 2. The van der Waals surface area contributed by atoms with Gasteiger partial charge in [0.2, 0.25) is 11.9 Å². The molecule has 5 N–H and O–H groups in total. The molecule has 0 aliphatic rings. The van der Waals surface area contributed by atoms with Crippen LogP contribution in [0.5, 0.6) is 0 Å². The Morgan fingerprint density at radius 2 is 1.84 bits per heavy atom. The summed E-state index contributed by atoms with van der Waals surface area (Å²) in [7, 11) is 1.25. The lowest BCUT2D eigenvalue weighted by atomic mass is 10.2. The number of fused-ring (bicyclic) bond motifs is 1. The van der Waals surface area contributed by atoms with Crippen LogP contribution in [0.25, 0.3) is 11.1 Å². The molecule has 0 aliphatic carbocycles. The Morgan fingerprint density at radius 3 is 2.55 bits per heavy atom. The van der Waals surface area contributed by atoms with E-state index < -0.39 is 17.6 Å². The van der Waals surface area contributed by atoms with Crippen LogP contribution in [0.2, 0.25) is 0 Å². The number of rotatable bonds is 6. The Balaban J connectivity index is 1.65. The van der Waals surface area contributed by atoms with E-state index in [2.05, 4.69) is 25.6 Å². The number of primary amides is 1. The summed E-state index contributed by atoms with van der Waals surface area (Å²) >= 11 is 0. The summed E-state index contributed by atoms with van der Waals surface area (Å²) in [5.41, 5.74) is 7.75. The lowest BCUT2D eigenvalue weighted by Gasteiger charge is -2.12. The quantitative estimate of drug-likeness (QED) is 0.342.